The van der Waals surface area contributed by atoms with Gasteiger partial charge in [-0.2, -0.15) is 5.10 Å². The first-order chi connectivity index (χ1) is 19.2. The van der Waals surface area contributed by atoms with Crippen molar-refractivity contribution >= 4 is 23.0 Å². The van der Waals surface area contributed by atoms with Crippen LogP contribution in [0.4, 0.5) is 26.3 Å². The van der Waals surface area contributed by atoms with Crippen molar-refractivity contribution in [3.05, 3.63) is 63.4 Å². The number of hydrogen-bond acceptors (Lipinski definition) is 7. The van der Waals surface area contributed by atoms with Gasteiger partial charge in [-0.05, 0) is 31.0 Å². The summed E-state index contributed by atoms with van der Waals surface area (Å²) in [6, 6.07) is 4.06. The highest BCUT2D eigenvalue weighted by Crippen LogP contribution is 2.32. The number of hydrogen-bond donors (Lipinski definition) is 0. The number of carbonyl (C=O) groups is 1. The van der Waals surface area contributed by atoms with Gasteiger partial charge in [-0.15, -0.1) is 11.3 Å². The fraction of sp³-hybridized carbons (Fsp3) is 0.440. The van der Waals surface area contributed by atoms with Crippen LogP contribution in [0.2, 0.25) is 0 Å². The summed E-state index contributed by atoms with van der Waals surface area (Å²) in [7, 11) is 0. The van der Waals surface area contributed by atoms with Gasteiger partial charge in [-0.1, -0.05) is 11.2 Å². The summed E-state index contributed by atoms with van der Waals surface area (Å²) >= 11 is 1.43. The molecule has 0 aliphatic carbocycles. The van der Waals surface area contributed by atoms with Gasteiger partial charge in [0.05, 0.1) is 10.7 Å². The Kier molecular flexibility index (Phi) is 8.28. The quantitative estimate of drug-likeness (QED) is 0.310. The first-order valence-electron chi connectivity index (χ1n) is 12.4. The molecule has 1 fully saturated rings. The van der Waals surface area contributed by atoms with E-state index in [-0.39, 0.29) is 12.5 Å². The van der Waals surface area contributed by atoms with Crippen LogP contribution in [-0.4, -0.2) is 57.1 Å². The maximum Gasteiger partial charge on any atom is 0.282 e. The SMILES string of the molecule is O=C(Cn1nc(C(F)F)cc1C(F)F)N1CCC(c2nc(C3=NOC(COc4c(F)cccc4F)C3)cs2)CC1. The molecule has 0 saturated carbocycles. The maximum atomic E-state index is 13.8. The van der Waals surface area contributed by atoms with Crippen LogP contribution in [0.25, 0.3) is 0 Å². The number of alkyl halides is 4. The van der Waals surface area contributed by atoms with E-state index in [0.717, 1.165) is 17.1 Å². The third-order valence-corrected chi connectivity index (χ3v) is 7.65. The monoisotopic (exact) mass is 587 g/mol. The molecule has 1 unspecified atom stereocenters. The third kappa shape index (κ3) is 6.08. The summed E-state index contributed by atoms with van der Waals surface area (Å²) < 4.78 is 85.7. The van der Waals surface area contributed by atoms with Gasteiger partial charge in [0, 0.05) is 30.8 Å². The zero-order valence-electron chi connectivity index (χ0n) is 20.8. The second-order valence-corrected chi connectivity index (χ2v) is 10.2. The maximum absolute atomic E-state index is 13.8. The van der Waals surface area contributed by atoms with E-state index in [4.69, 9.17) is 9.57 Å². The Morgan fingerprint density at radius 2 is 1.85 bits per heavy atom. The molecule has 2 aliphatic rings. The lowest BCUT2D eigenvalue weighted by molar-refractivity contribution is -0.133. The van der Waals surface area contributed by atoms with E-state index in [2.05, 4.69) is 15.2 Å². The minimum Gasteiger partial charge on any atom is -0.484 e. The molecular formula is C25H23F6N5O3S. The first-order valence-corrected chi connectivity index (χ1v) is 13.2. The number of oxime groups is 1. The van der Waals surface area contributed by atoms with Crippen molar-refractivity contribution in [3.63, 3.8) is 0 Å². The van der Waals surface area contributed by atoms with Gasteiger partial charge in [-0.3, -0.25) is 9.48 Å². The summed E-state index contributed by atoms with van der Waals surface area (Å²) in [4.78, 5) is 24.2. The van der Waals surface area contributed by atoms with E-state index in [0.29, 0.717) is 54.5 Å². The molecule has 1 saturated heterocycles. The highest BCUT2D eigenvalue weighted by atomic mass is 32.1. The Hall–Kier alpha value is -3.62. The van der Waals surface area contributed by atoms with Crippen LogP contribution in [0.1, 0.15) is 60.1 Å². The number of thiazole rings is 1. The van der Waals surface area contributed by atoms with Crippen molar-refractivity contribution in [2.45, 2.75) is 50.7 Å². The van der Waals surface area contributed by atoms with Gasteiger partial charge >= 0.3 is 0 Å². The number of halogens is 6. The summed E-state index contributed by atoms with van der Waals surface area (Å²) in [6.45, 7) is 0.0464. The molecule has 0 N–H and O–H groups in total. The van der Waals surface area contributed by atoms with Crippen molar-refractivity contribution in [3.8, 4) is 5.75 Å². The number of nitrogens with zero attached hydrogens (tertiary/aromatic N) is 5. The molecule has 214 valence electrons. The molecular weight excluding hydrogens is 564 g/mol. The summed E-state index contributed by atoms with van der Waals surface area (Å²) in [5.41, 5.74) is -0.321. The molecule has 4 heterocycles. The normalized spacial score (nSPS) is 17.9. The van der Waals surface area contributed by atoms with Gasteiger partial charge in [0.2, 0.25) is 5.91 Å². The molecule has 5 rings (SSSR count). The number of piperidine rings is 1. The Balaban J connectivity index is 1.12. The predicted molar refractivity (Wildman–Crippen MR) is 131 cm³/mol. The Bertz CT molecular complexity index is 1370. The molecule has 1 atom stereocenters. The Morgan fingerprint density at radius 3 is 2.52 bits per heavy atom. The van der Waals surface area contributed by atoms with E-state index in [1.807, 2.05) is 5.38 Å². The first kappa shape index (κ1) is 27.9. The number of carbonyl (C=O) groups excluding carboxylic acids is 1. The largest absolute Gasteiger partial charge is 0.484 e. The van der Waals surface area contributed by atoms with E-state index < -0.39 is 60.2 Å². The number of aromatic nitrogens is 3. The van der Waals surface area contributed by atoms with Crippen molar-refractivity contribution in [2.24, 2.45) is 5.16 Å². The van der Waals surface area contributed by atoms with Crippen LogP contribution < -0.4 is 4.74 Å². The Labute approximate surface area is 228 Å². The number of ether oxygens (including phenoxy) is 1. The van der Waals surface area contributed by atoms with E-state index in [1.165, 1.54) is 22.3 Å². The van der Waals surface area contributed by atoms with Crippen LogP contribution in [0.5, 0.6) is 5.75 Å². The van der Waals surface area contributed by atoms with Gasteiger partial charge in [-0.25, -0.2) is 31.3 Å². The summed E-state index contributed by atoms with van der Waals surface area (Å²) in [6.07, 6.45) is -5.09. The zero-order valence-corrected chi connectivity index (χ0v) is 21.6. The average Bonchev–Trinajstić information content (AvgIpc) is 3.68. The van der Waals surface area contributed by atoms with Crippen LogP contribution in [0, 0.1) is 11.6 Å². The van der Waals surface area contributed by atoms with E-state index in [9.17, 15) is 31.1 Å². The summed E-state index contributed by atoms with van der Waals surface area (Å²) in [5, 5.41) is 10.2. The number of benzene rings is 1. The molecule has 3 aromatic rings. The minimum absolute atomic E-state index is 0.0562. The lowest BCUT2D eigenvalue weighted by Crippen LogP contribution is -2.40. The second kappa shape index (κ2) is 11.9. The van der Waals surface area contributed by atoms with Crippen LogP contribution in [0.3, 0.4) is 0 Å². The third-order valence-electron chi connectivity index (χ3n) is 6.64. The Morgan fingerprint density at radius 1 is 1.12 bits per heavy atom. The van der Waals surface area contributed by atoms with Crippen molar-refractivity contribution < 1.29 is 40.7 Å². The molecule has 0 radical (unpaired) electrons. The van der Waals surface area contributed by atoms with Gasteiger partial charge in [0.1, 0.15) is 30.3 Å². The minimum atomic E-state index is -3.04. The molecule has 1 aromatic carbocycles. The lowest BCUT2D eigenvalue weighted by atomic mass is 9.97. The molecule has 0 spiro atoms. The molecule has 1 amide bonds. The highest BCUT2D eigenvalue weighted by Gasteiger charge is 2.30. The molecule has 2 aliphatic heterocycles. The number of likely N-dealkylation sites (tertiary alicyclic amines) is 1. The van der Waals surface area contributed by atoms with E-state index >= 15 is 0 Å². The predicted octanol–water partition coefficient (Wildman–Crippen LogP) is 5.47. The van der Waals surface area contributed by atoms with Crippen molar-refractivity contribution in [2.75, 3.05) is 19.7 Å². The number of rotatable bonds is 9. The van der Waals surface area contributed by atoms with Gasteiger partial charge in [0.15, 0.2) is 23.5 Å². The zero-order chi connectivity index (χ0) is 28.4. The summed E-state index contributed by atoms with van der Waals surface area (Å²) in [5.74, 6) is -2.52. The van der Waals surface area contributed by atoms with Crippen molar-refractivity contribution in [1.82, 2.24) is 19.7 Å². The molecule has 15 heteroatoms. The van der Waals surface area contributed by atoms with E-state index in [1.54, 1.807) is 0 Å². The van der Waals surface area contributed by atoms with Gasteiger partial charge in [0.25, 0.3) is 12.9 Å². The highest BCUT2D eigenvalue weighted by molar-refractivity contribution is 7.10. The van der Waals surface area contributed by atoms with Crippen LogP contribution in [-0.2, 0) is 16.2 Å². The van der Waals surface area contributed by atoms with Crippen LogP contribution in [0.15, 0.2) is 34.8 Å². The smallest absolute Gasteiger partial charge is 0.282 e. The second-order valence-electron chi connectivity index (χ2n) is 9.31. The molecule has 0 bridgehead atoms. The average molecular weight is 588 g/mol. The van der Waals surface area contributed by atoms with Crippen LogP contribution >= 0.6 is 11.3 Å². The van der Waals surface area contributed by atoms with Crippen molar-refractivity contribution in [1.29, 1.82) is 0 Å². The molecule has 2 aromatic heterocycles. The fourth-order valence-corrected chi connectivity index (χ4v) is 5.54. The molecule has 40 heavy (non-hydrogen) atoms. The number of amides is 1. The lowest BCUT2D eigenvalue weighted by Gasteiger charge is -2.31. The number of para-hydroxylation sites is 1. The molecule has 8 nitrogen and oxygen atoms in total. The standard InChI is InChI=1S/C25H23F6N5O3S/c26-15-2-1-3-16(27)22(15)38-11-14-8-17(34-39-14)19-12-40-25(32-19)13-4-6-35(7-5-13)21(37)10-36-20(24(30)31)9-18(33-36)23(28)29/h1-3,9,12-14,23-24H,4-8,10-11H2. The fourth-order valence-electron chi connectivity index (χ4n) is 4.54. The topological polar surface area (TPSA) is 81.8 Å². The van der Waals surface area contributed by atoms with Gasteiger partial charge < -0.3 is 14.5 Å².